The molecule has 0 radical (unpaired) electrons. The van der Waals surface area contributed by atoms with E-state index in [0.29, 0.717) is 11.4 Å². The molecule has 0 atom stereocenters. The first-order valence-corrected chi connectivity index (χ1v) is 16.1. The highest BCUT2D eigenvalue weighted by atomic mass is 32.2. The second-order valence-corrected chi connectivity index (χ2v) is 14.3. The molecule has 5 heterocycles. The van der Waals surface area contributed by atoms with Crippen molar-refractivity contribution in [3.05, 3.63) is 59.2 Å². The van der Waals surface area contributed by atoms with Crippen molar-refractivity contribution in [1.82, 2.24) is 18.9 Å². The number of aromatic amines is 1. The van der Waals surface area contributed by atoms with Crippen molar-refractivity contribution < 1.29 is 25.3 Å². The largest absolute Gasteiger partial charge is 0.355 e. The maximum absolute atomic E-state index is 13.0. The molecule has 13 heteroatoms. The van der Waals surface area contributed by atoms with Gasteiger partial charge >= 0.3 is 0 Å². The predicted octanol–water partition coefficient (Wildman–Crippen LogP) is 2.74. The zero-order valence-corrected chi connectivity index (χ0v) is 21.7. The first-order chi connectivity index (χ1) is 16.7. The Kier molecular flexibility index (Phi) is 5.36. The van der Waals surface area contributed by atoms with Crippen molar-refractivity contribution in [2.45, 2.75) is 9.79 Å². The Balaban J connectivity index is 2.14. The minimum absolute atomic E-state index is 0.249. The Labute approximate surface area is 207 Å². The number of nitrogens with one attached hydrogen (secondary N) is 1. The molecule has 0 saturated carbocycles. The average molecular weight is 545 g/mol. The van der Waals surface area contributed by atoms with Crippen molar-refractivity contribution >= 4 is 76.1 Å². The van der Waals surface area contributed by atoms with E-state index in [1.54, 1.807) is 36.4 Å². The van der Waals surface area contributed by atoms with Crippen LogP contribution in [0, 0.1) is 0 Å². The van der Waals surface area contributed by atoms with Crippen molar-refractivity contribution in [2.75, 3.05) is 18.8 Å². The van der Waals surface area contributed by atoms with E-state index in [2.05, 4.69) is 15.0 Å². The number of fused-ring (bicyclic) bond motifs is 8. The molecule has 3 aromatic heterocycles. The summed E-state index contributed by atoms with van der Waals surface area (Å²) >= 11 is 0. The van der Waals surface area contributed by atoms with Crippen LogP contribution in [0.5, 0.6) is 0 Å². The van der Waals surface area contributed by atoms with Gasteiger partial charge in [-0.3, -0.25) is 0 Å². The first kappa shape index (κ1) is 24.2. The van der Waals surface area contributed by atoms with Crippen LogP contribution in [-0.4, -0.2) is 62.9 Å². The van der Waals surface area contributed by atoms with E-state index in [4.69, 9.17) is 0 Å². The van der Waals surface area contributed by atoms with Crippen LogP contribution in [-0.2, 0) is 29.7 Å². The van der Waals surface area contributed by atoms with Crippen molar-refractivity contribution in [3.8, 4) is 0 Å². The van der Waals surface area contributed by atoms with E-state index < -0.39 is 39.5 Å². The molecular weight excluding hydrogens is 524 g/mol. The number of hydrogen-bond acceptors (Lipinski definition) is 8. The molecule has 0 spiro atoms. The van der Waals surface area contributed by atoms with Crippen molar-refractivity contribution in [1.29, 1.82) is 0 Å². The fraction of sp³-hybridized carbons (Fsp3) is 0.130. The fourth-order valence-corrected chi connectivity index (χ4v) is 8.15. The van der Waals surface area contributed by atoms with Gasteiger partial charge in [0.15, 0.2) is 19.7 Å². The summed E-state index contributed by atoms with van der Waals surface area (Å²) in [4.78, 5) is 10.9. The topological polar surface area (TPSA) is 149 Å². The second kappa shape index (κ2) is 7.98. The minimum Gasteiger partial charge on any atom is -0.355 e. The number of H-pyrrole nitrogens is 1. The number of nitrogens with zero attached hydrogens (tertiary/aromatic N) is 3. The Morgan fingerprint density at radius 3 is 1.31 bits per heavy atom. The maximum atomic E-state index is 13.0. The molecule has 2 aliphatic rings. The van der Waals surface area contributed by atoms with Gasteiger partial charge in [-0.05, 0) is 60.7 Å². The number of rotatable bonds is 3. The molecule has 2 aliphatic heterocycles. The van der Waals surface area contributed by atoms with Crippen molar-refractivity contribution in [2.24, 2.45) is 0 Å². The highest BCUT2D eigenvalue weighted by Gasteiger charge is 2.32. The summed E-state index contributed by atoms with van der Waals surface area (Å²) < 4.78 is 78.5. The van der Waals surface area contributed by atoms with Gasteiger partial charge in [0.2, 0.25) is 10.0 Å². The van der Waals surface area contributed by atoms with Gasteiger partial charge < -0.3 is 4.98 Å². The molecule has 0 saturated heterocycles. The summed E-state index contributed by atoms with van der Waals surface area (Å²) in [6, 6.07) is 9.75. The first-order valence-electron chi connectivity index (χ1n) is 10.4. The molecule has 36 heavy (non-hydrogen) atoms. The standard InChI is InChI=1S/C23H20N4O6S3/c1-34(28,29)22-20-12-18-8-6-16(25-18)10-14-4-5-15(24-14)11-17-7-9-19(26-17)13-21(23(22)35(2,30)31)27(20)36(3,32)33/h4-13,24H,1-3H3. The van der Waals surface area contributed by atoms with E-state index >= 15 is 0 Å². The van der Waals surface area contributed by atoms with E-state index in [-0.39, 0.29) is 22.4 Å². The van der Waals surface area contributed by atoms with E-state index in [1.165, 1.54) is 12.1 Å². The zero-order chi connectivity index (χ0) is 26.0. The summed E-state index contributed by atoms with van der Waals surface area (Å²) in [7, 11) is -12.7. The van der Waals surface area contributed by atoms with Crippen LogP contribution in [0.25, 0.3) is 46.4 Å². The normalized spacial score (nSPS) is 13.9. The molecule has 3 aromatic rings. The third-order valence-electron chi connectivity index (χ3n) is 5.46. The number of sulfone groups is 2. The summed E-state index contributed by atoms with van der Waals surface area (Å²) in [5.74, 6) is 0. The van der Waals surface area contributed by atoms with Crippen molar-refractivity contribution in [3.63, 3.8) is 0 Å². The van der Waals surface area contributed by atoms with Gasteiger partial charge in [-0.2, -0.15) is 0 Å². The molecule has 8 bridgehead atoms. The lowest BCUT2D eigenvalue weighted by atomic mass is 10.3. The van der Waals surface area contributed by atoms with Crippen LogP contribution in [0.2, 0.25) is 0 Å². The summed E-state index contributed by atoms with van der Waals surface area (Å²) in [6.07, 6.45) is 9.06. The quantitative estimate of drug-likeness (QED) is 0.364. The van der Waals surface area contributed by atoms with Gasteiger partial charge in [0.25, 0.3) is 0 Å². The second-order valence-electron chi connectivity index (χ2n) is 8.54. The van der Waals surface area contributed by atoms with Crippen LogP contribution < -0.4 is 0 Å². The van der Waals surface area contributed by atoms with Gasteiger partial charge in [0.1, 0.15) is 9.79 Å². The van der Waals surface area contributed by atoms with Crippen LogP contribution >= 0.6 is 0 Å². The van der Waals surface area contributed by atoms with Gasteiger partial charge in [0, 0.05) is 23.5 Å². The van der Waals surface area contributed by atoms with E-state index in [0.717, 1.165) is 33.8 Å². The average Bonchev–Trinajstić information content (AvgIpc) is 3.48. The highest BCUT2D eigenvalue weighted by Crippen LogP contribution is 2.35. The van der Waals surface area contributed by atoms with Crippen LogP contribution in [0.3, 0.4) is 0 Å². The molecule has 0 unspecified atom stereocenters. The van der Waals surface area contributed by atoms with Crippen LogP contribution in [0.1, 0.15) is 22.8 Å². The number of aromatic nitrogens is 4. The SMILES string of the molecule is CS(=O)(=O)c1c(S(C)(=O)=O)c2cc3nc(cc4ccc(cc5nc(cc1n2S(C)(=O)=O)C=C5)[nH]4)C=C3. The van der Waals surface area contributed by atoms with Crippen LogP contribution in [0.15, 0.2) is 46.2 Å². The number of hydrogen-bond donors (Lipinski definition) is 1. The Bertz CT molecular complexity index is 1890. The summed E-state index contributed by atoms with van der Waals surface area (Å²) in [6.45, 7) is 0. The molecule has 0 amide bonds. The van der Waals surface area contributed by atoms with Gasteiger partial charge in [-0.1, -0.05) is 0 Å². The third kappa shape index (κ3) is 4.40. The van der Waals surface area contributed by atoms with Gasteiger partial charge in [0.05, 0.1) is 40.1 Å². The molecule has 1 N–H and O–H groups in total. The van der Waals surface area contributed by atoms with Gasteiger partial charge in [-0.25, -0.2) is 39.2 Å². The van der Waals surface area contributed by atoms with Crippen LogP contribution in [0.4, 0.5) is 0 Å². The zero-order valence-electron chi connectivity index (χ0n) is 19.3. The maximum Gasteiger partial charge on any atom is 0.236 e. The fourth-order valence-electron chi connectivity index (χ4n) is 4.18. The van der Waals surface area contributed by atoms with E-state index in [9.17, 15) is 25.3 Å². The molecule has 186 valence electrons. The molecule has 0 fully saturated rings. The molecular formula is C23H20N4O6S3. The van der Waals surface area contributed by atoms with Gasteiger partial charge in [-0.15, -0.1) is 0 Å². The Morgan fingerprint density at radius 2 is 0.972 bits per heavy atom. The lowest BCUT2D eigenvalue weighted by molar-refractivity contribution is 0.591. The lowest BCUT2D eigenvalue weighted by Crippen LogP contribution is -2.10. The minimum atomic E-state index is -4.23. The Hall–Kier alpha value is -3.55. The smallest absolute Gasteiger partial charge is 0.236 e. The summed E-state index contributed by atoms with van der Waals surface area (Å²) in [5, 5.41) is 0. The molecule has 5 rings (SSSR count). The highest BCUT2D eigenvalue weighted by molar-refractivity contribution is 7.94. The lowest BCUT2D eigenvalue weighted by Gasteiger charge is -2.03. The third-order valence-corrected chi connectivity index (χ3v) is 8.95. The van der Waals surface area contributed by atoms with E-state index in [1.807, 2.05) is 12.1 Å². The molecule has 0 aromatic carbocycles. The molecule has 10 nitrogen and oxygen atoms in total. The predicted molar refractivity (Wildman–Crippen MR) is 139 cm³/mol. The summed E-state index contributed by atoms with van der Waals surface area (Å²) in [5.41, 5.74) is 2.42. The molecule has 0 aliphatic carbocycles. The Morgan fingerprint density at radius 1 is 0.611 bits per heavy atom. The monoisotopic (exact) mass is 544 g/mol.